The summed E-state index contributed by atoms with van der Waals surface area (Å²) in [7, 11) is 3.50. The van der Waals surface area contributed by atoms with E-state index in [-0.39, 0.29) is 17.9 Å². The van der Waals surface area contributed by atoms with Crippen LogP contribution >= 0.6 is 0 Å². The van der Waals surface area contributed by atoms with E-state index < -0.39 is 17.5 Å². The number of nitrogens with one attached hydrogen (secondary N) is 3. The number of carbonyl (C=O) groups is 3. The van der Waals surface area contributed by atoms with Crippen LogP contribution in [0.4, 0.5) is 4.79 Å². The molecule has 34 heavy (non-hydrogen) atoms. The number of nitrogens with zero attached hydrogens (tertiary/aromatic N) is 1. The molecule has 0 spiro atoms. The van der Waals surface area contributed by atoms with Crippen molar-refractivity contribution in [3.8, 4) is 17.6 Å². The minimum Gasteiger partial charge on any atom is -0.497 e. The fourth-order valence-electron chi connectivity index (χ4n) is 4.75. The van der Waals surface area contributed by atoms with Gasteiger partial charge in [0.15, 0.2) is 0 Å². The molecule has 2 heterocycles. The molecule has 2 aromatic rings. The molecule has 1 saturated carbocycles. The second-order valence-electron chi connectivity index (χ2n) is 9.14. The maximum atomic E-state index is 13.0. The lowest BCUT2D eigenvalue weighted by Gasteiger charge is -2.26. The standard InChI is InChI=1S/C26H26N4O4/c1-27-15-25(11-12-25)19-6-3-17(4-7-19)9-10-26(23(32)28-24(33)29-26)16-30-14-18-5-8-20(34-2)13-21(18)22(30)31/h3-8,13,27H,11-12,14-16H2,1-2H3,(H2,28,29,32,33). The van der Waals surface area contributed by atoms with Gasteiger partial charge in [-0.25, -0.2) is 4.79 Å². The van der Waals surface area contributed by atoms with Crippen molar-refractivity contribution in [2.24, 2.45) is 0 Å². The third kappa shape index (κ3) is 3.78. The lowest BCUT2D eigenvalue weighted by atomic mass is 9.94. The molecule has 1 atom stereocenters. The van der Waals surface area contributed by atoms with E-state index in [1.165, 1.54) is 10.5 Å². The van der Waals surface area contributed by atoms with E-state index in [1.807, 2.05) is 25.2 Å². The first-order valence-corrected chi connectivity index (χ1v) is 11.3. The first-order valence-electron chi connectivity index (χ1n) is 11.3. The molecule has 2 fully saturated rings. The summed E-state index contributed by atoms with van der Waals surface area (Å²) in [5.74, 6) is 5.80. The van der Waals surface area contributed by atoms with Crippen LogP contribution in [0.5, 0.6) is 5.75 Å². The van der Waals surface area contributed by atoms with Crippen LogP contribution in [-0.2, 0) is 16.8 Å². The maximum absolute atomic E-state index is 13.0. The Bertz CT molecular complexity index is 1240. The average molecular weight is 459 g/mol. The number of methoxy groups -OCH3 is 1. The van der Waals surface area contributed by atoms with Crippen LogP contribution in [0.1, 0.15) is 39.9 Å². The normalized spacial score (nSPS) is 21.9. The van der Waals surface area contributed by atoms with Crippen molar-refractivity contribution in [3.05, 3.63) is 64.7 Å². The summed E-state index contributed by atoms with van der Waals surface area (Å²) in [6.07, 6.45) is 2.32. The SMILES string of the molecule is CNCC1(c2ccc(C#CC3(CN4Cc5ccc(OC)cc5C4=O)NC(=O)NC3=O)cc2)CC1. The van der Waals surface area contributed by atoms with Crippen LogP contribution in [0.2, 0.25) is 0 Å². The Morgan fingerprint density at radius 1 is 1.12 bits per heavy atom. The fraction of sp³-hybridized carbons (Fsp3) is 0.346. The van der Waals surface area contributed by atoms with Gasteiger partial charge in [0, 0.05) is 29.6 Å². The Kier molecular flexibility index (Phi) is 5.29. The summed E-state index contributed by atoms with van der Waals surface area (Å²) in [6.45, 7) is 1.20. The van der Waals surface area contributed by atoms with Gasteiger partial charge in [0.05, 0.1) is 13.7 Å². The molecule has 3 aliphatic rings. The molecule has 4 amide bonds. The van der Waals surface area contributed by atoms with E-state index in [4.69, 9.17) is 4.74 Å². The molecule has 2 aromatic carbocycles. The first-order chi connectivity index (χ1) is 16.4. The zero-order valence-electron chi connectivity index (χ0n) is 19.2. The summed E-state index contributed by atoms with van der Waals surface area (Å²) >= 11 is 0. The number of hydrogen-bond acceptors (Lipinski definition) is 5. The predicted octanol–water partition coefficient (Wildman–Crippen LogP) is 1.53. The molecule has 5 rings (SSSR count). The summed E-state index contributed by atoms with van der Waals surface area (Å²) in [6, 6.07) is 12.7. The number of ether oxygens (including phenoxy) is 1. The lowest BCUT2D eigenvalue weighted by Crippen LogP contribution is -2.54. The summed E-state index contributed by atoms with van der Waals surface area (Å²) in [5.41, 5.74) is 2.04. The van der Waals surface area contributed by atoms with Crippen LogP contribution < -0.4 is 20.7 Å². The Labute approximate surface area is 198 Å². The minimum atomic E-state index is -1.53. The number of benzene rings is 2. The van der Waals surface area contributed by atoms with E-state index in [1.54, 1.807) is 19.2 Å². The number of hydrogen-bond donors (Lipinski definition) is 3. The molecule has 3 N–H and O–H groups in total. The highest BCUT2D eigenvalue weighted by molar-refractivity contribution is 6.10. The van der Waals surface area contributed by atoms with Crippen molar-refractivity contribution in [1.29, 1.82) is 0 Å². The quantitative estimate of drug-likeness (QED) is 0.450. The van der Waals surface area contributed by atoms with Crippen molar-refractivity contribution in [3.63, 3.8) is 0 Å². The van der Waals surface area contributed by atoms with Crippen molar-refractivity contribution < 1.29 is 19.1 Å². The Balaban J connectivity index is 1.39. The Morgan fingerprint density at radius 3 is 2.50 bits per heavy atom. The Morgan fingerprint density at radius 2 is 1.88 bits per heavy atom. The topological polar surface area (TPSA) is 99.8 Å². The highest BCUT2D eigenvalue weighted by Crippen LogP contribution is 2.47. The van der Waals surface area contributed by atoms with Crippen molar-refractivity contribution >= 4 is 17.8 Å². The van der Waals surface area contributed by atoms with Gasteiger partial charge in [-0.1, -0.05) is 30.0 Å². The van der Waals surface area contributed by atoms with Crippen molar-refractivity contribution in [2.75, 3.05) is 27.2 Å². The van der Waals surface area contributed by atoms with Crippen molar-refractivity contribution in [1.82, 2.24) is 20.9 Å². The molecule has 0 bridgehead atoms. The number of amides is 4. The van der Waals surface area contributed by atoms with Gasteiger partial charge in [-0.2, -0.15) is 0 Å². The van der Waals surface area contributed by atoms with Crippen LogP contribution in [-0.4, -0.2) is 55.5 Å². The lowest BCUT2D eigenvalue weighted by molar-refractivity contribution is -0.122. The monoisotopic (exact) mass is 458 g/mol. The zero-order valence-corrected chi connectivity index (χ0v) is 19.2. The third-order valence-electron chi connectivity index (χ3n) is 6.85. The number of rotatable bonds is 6. The van der Waals surface area contributed by atoms with Gasteiger partial charge in [-0.15, -0.1) is 0 Å². The third-order valence-corrected chi connectivity index (χ3v) is 6.85. The van der Waals surface area contributed by atoms with Gasteiger partial charge in [0.1, 0.15) is 5.75 Å². The summed E-state index contributed by atoms with van der Waals surface area (Å²) in [5, 5.41) is 8.17. The largest absolute Gasteiger partial charge is 0.497 e. The van der Waals surface area contributed by atoms with E-state index >= 15 is 0 Å². The van der Waals surface area contributed by atoms with Crippen LogP contribution in [0.15, 0.2) is 42.5 Å². The minimum absolute atomic E-state index is 0.0588. The fourth-order valence-corrected chi connectivity index (χ4v) is 4.75. The average Bonchev–Trinajstić information content (AvgIpc) is 3.48. The molecule has 0 radical (unpaired) electrons. The molecule has 8 heteroatoms. The molecule has 174 valence electrons. The molecular formula is C26H26N4O4. The van der Waals surface area contributed by atoms with Crippen molar-refractivity contribution in [2.45, 2.75) is 30.3 Å². The maximum Gasteiger partial charge on any atom is 0.323 e. The van der Waals surface area contributed by atoms with Gasteiger partial charge < -0.3 is 20.3 Å². The van der Waals surface area contributed by atoms with Crippen LogP contribution in [0.25, 0.3) is 0 Å². The van der Waals surface area contributed by atoms with Gasteiger partial charge in [0.25, 0.3) is 11.8 Å². The highest BCUT2D eigenvalue weighted by Gasteiger charge is 2.48. The predicted molar refractivity (Wildman–Crippen MR) is 125 cm³/mol. The molecule has 1 unspecified atom stereocenters. The number of carbonyl (C=O) groups excluding carboxylic acids is 3. The number of imide groups is 1. The molecule has 8 nitrogen and oxygen atoms in total. The second kappa shape index (κ2) is 8.19. The number of urea groups is 1. The molecular weight excluding hydrogens is 432 g/mol. The van der Waals surface area contributed by atoms with Gasteiger partial charge >= 0.3 is 6.03 Å². The smallest absolute Gasteiger partial charge is 0.323 e. The van der Waals surface area contributed by atoms with Gasteiger partial charge in [-0.3, -0.25) is 14.9 Å². The first kappa shape index (κ1) is 22.0. The molecule has 1 saturated heterocycles. The van der Waals surface area contributed by atoms with Crippen LogP contribution in [0, 0.1) is 11.8 Å². The molecule has 0 aromatic heterocycles. The Hall–Kier alpha value is -3.83. The van der Waals surface area contributed by atoms with E-state index in [0.29, 0.717) is 17.9 Å². The second-order valence-corrected chi connectivity index (χ2v) is 9.14. The number of likely N-dealkylation sites (N-methyl/N-ethyl adjacent to an activating group) is 1. The highest BCUT2D eigenvalue weighted by atomic mass is 16.5. The number of fused-ring (bicyclic) bond motifs is 1. The molecule has 2 aliphatic heterocycles. The zero-order chi connectivity index (χ0) is 23.9. The van der Waals surface area contributed by atoms with E-state index in [2.05, 4.69) is 39.9 Å². The van der Waals surface area contributed by atoms with Crippen LogP contribution in [0.3, 0.4) is 0 Å². The van der Waals surface area contributed by atoms with Gasteiger partial charge in [-0.05, 0) is 55.3 Å². The summed E-state index contributed by atoms with van der Waals surface area (Å²) < 4.78 is 5.22. The van der Waals surface area contributed by atoms with E-state index in [9.17, 15) is 14.4 Å². The van der Waals surface area contributed by atoms with E-state index in [0.717, 1.165) is 30.5 Å². The summed E-state index contributed by atoms with van der Waals surface area (Å²) in [4.78, 5) is 39.4. The molecule has 1 aliphatic carbocycles. The van der Waals surface area contributed by atoms with Gasteiger partial charge in [0.2, 0.25) is 5.54 Å².